The predicted octanol–water partition coefficient (Wildman–Crippen LogP) is 2.98. The van der Waals surface area contributed by atoms with E-state index in [1.54, 1.807) is 36.4 Å². The molecule has 9 heteroatoms. The molecule has 30 heavy (non-hydrogen) atoms. The van der Waals surface area contributed by atoms with Gasteiger partial charge in [-0.05, 0) is 42.5 Å². The van der Waals surface area contributed by atoms with E-state index in [-0.39, 0.29) is 6.54 Å². The molecule has 0 saturated carbocycles. The quantitative estimate of drug-likeness (QED) is 0.673. The van der Waals surface area contributed by atoms with Gasteiger partial charge in [-0.3, -0.25) is 9.59 Å². The van der Waals surface area contributed by atoms with Gasteiger partial charge in [0.25, 0.3) is 5.56 Å². The number of ether oxygens (including phenoxy) is 3. The summed E-state index contributed by atoms with van der Waals surface area (Å²) in [5.74, 6) is 1.29. The summed E-state index contributed by atoms with van der Waals surface area (Å²) in [6, 6.07) is 13.2. The van der Waals surface area contributed by atoms with Crippen molar-refractivity contribution in [2.24, 2.45) is 0 Å². The Morgan fingerprint density at radius 3 is 2.73 bits per heavy atom. The fourth-order valence-electron chi connectivity index (χ4n) is 3.02. The summed E-state index contributed by atoms with van der Waals surface area (Å²) in [7, 11) is 1.49. The first-order valence-corrected chi connectivity index (χ1v) is 9.53. The van der Waals surface area contributed by atoms with Crippen molar-refractivity contribution >= 4 is 23.2 Å². The van der Waals surface area contributed by atoms with Crippen molar-refractivity contribution in [3.05, 3.63) is 63.9 Å². The molecular weight excluding hydrogens is 410 g/mol. The molecule has 0 saturated heterocycles. The van der Waals surface area contributed by atoms with Crippen LogP contribution < -0.4 is 25.1 Å². The Kier molecular flexibility index (Phi) is 5.58. The number of anilines is 1. The molecule has 0 unspecified atom stereocenters. The fraction of sp³-hybridized carbons (Fsp3) is 0.190. The van der Waals surface area contributed by atoms with Crippen LogP contribution in [0.4, 0.5) is 5.69 Å². The molecule has 1 N–H and O–H groups in total. The van der Waals surface area contributed by atoms with Gasteiger partial charge in [0.15, 0.2) is 11.5 Å². The number of carbonyl (C=O) groups excluding carboxylic acids is 1. The Bertz CT molecular complexity index is 1160. The summed E-state index contributed by atoms with van der Waals surface area (Å²) in [4.78, 5) is 24.7. The summed E-state index contributed by atoms with van der Waals surface area (Å²) in [5.41, 5.74) is 1.28. The van der Waals surface area contributed by atoms with Gasteiger partial charge in [-0.25, -0.2) is 4.68 Å². The summed E-state index contributed by atoms with van der Waals surface area (Å²) in [5, 5.41) is 7.46. The summed E-state index contributed by atoms with van der Waals surface area (Å²) < 4.78 is 17.4. The van der Waals surface area contributed by atoms with E-state index >= 15 is 0 Å². The normalized spacial score (nSPS) is 12.3. The molecular formula is C21H18ClN3O5. The van der Waals surface area contributed by atoms with Crippen molar-refractivity contribution in [3.8, 4) is 28.5 Å². The van der Waals surface area contributed by atoms with Crippen LogP contribution in [0.25, 0.3) is 11.3 Å². The molecule has 4 rings (SSSR count). The van der Waals surface area contributed by atoms with Crippen LogP contribution in [0, 0.1) is 0 Å². The van der Waals surface area contributed by atoms with Crippen LogP contribution in [0.1, 0.15) is 0 Å². The van der Waals surface area contributed by atoms with Gasteiger partial charge < -0.3 is 19.5 Å². The van der Waals surface area contributed by atoms with Gasteiger partial charge in [0.1, 0.15) is 25.5 Å². The summed E-state index contributed by atoms with van der Waals surface area (Å²) >= 11 is 5.99. The minimum atomic E-state index is -0.440. The number of hydrogen-bond acceptors (Lipinski definition) is 6. The molecule has 0 atom stereocenters. The van der Waals surface area contributed by atoms with Crippen molar-refractivity contribution < 1.29 is 19.0 Å². The fourth-order valence-corrected chi connectivity index (χ4v) is 3.19. The van der Waals surface area contributed by atoms with Gasteiger partial charge in [-0.1, -0.05) is 11.6 Å². The Hall–Kier alpha value is -3.52. The van der Waals surface area contributed by atoms with Crippen molar-refractivity contribution in [2.45, 2.75) is 6.54 Å². The molecule has 8 nitrogen and oxygen atoms in total. The molecule has 0 radical (unpaired) electrons. The van der Waals surface area contributed by atoms with E-state index in [9.17, 15) is 9.59 Å². The minimum Gasteiger partial charge on any atom is -0.495 e. The van der Waals surface area contributed by atoms with Crippen molar-refractivity contribution in [3.63, 3.8) is 0 Å². The number of amides is 1. The van der Waals surface area contributed by atoms with Gasteiger partial charge >= 0.3 is 0 Å². The lowest BCUT2D eigenvalue weighted by Gasteiger charge is -2.18. The highest BCUT2D eigenvalue weighted by Gasteiger charge is 2.15. The van der Waals surface area contributed by atoms with E-state index in [0.717, 1.165) is 10.2 Å². The number of hydrogen-bond donors (Lipinski definition) is 1. The highest BCUT2D eigenvalue weighted by Crippen LogP contribution is 2.33. The molecule has 0 bridgehead atoms. The summed E-state index contributed by atoms with van der Waals surface area (Å²) in [6.07, 6.45) is 0. The third-order valence-corrected chi connectivity index (χ3v) is 4.67. The van der Waals surface area contributed by atoms with Crippen LogP contribution >= 0.6 is 11.6 Å². The number of aromatic nitrogens is 2. The van der Waals surface area contributed by atoms with E-state index in [1.807, 2.05) is 6.07 Å². The third-order valence-electron chi connectivity index (χ3n) is 4.43. The van der Waals surface area contributed by atoms with Crippen molar-refractivity contribution in [1.29, 1.82) is 0 Å². The van der Waals surface area contributed by atoms with Gasteiger partial charge in [0.05, 0.1) is 18.5 Å². The van der Waals surface area contributed by atoms with Crippen LogP contribution in [0.2, 0.25) is 5.02 Å². The standard InChI is InChI=1S/C21H18ClN3O5/c1-28-17-6-3-14(22)11-16(17)23-20(26)12-25-21(27)7-4-15(24-25)13-2-5-18-19(10-13)30-9-8-29-18/h2-7,10-11H,8-9,12H2,1H3,(H,23,26). The van der Waals surface area contributed by atoms with Crippen LogP contribution in [-0.4, -0.2) is 36.0 Å². The molecule has 154 valence electrons. The van der Waals surface area contributed by atoms with Crippen LogP contribution in [0.15, 0.2) is 53.3 Å². The van der Waals surface area contributed by atoms with Crippen molar-refractivity contribution in [2.75, 3.05) is 25.6 Å². The Morgan fingerprint density at radius 2 is 1.93 bits per heavy atom. The lowest BCUT2D eigenvalue weighted by atomic mass is 10.1. The van der Waals surface area contributed by atoms with Crippen LogP contribution in [0.5, 0.6) is 17.2 Å². The Morgan fingerprint density at radius 1 is 1.13 bits per heavy atom. The first kappa shape index (κ1) is 19.8. The smallest absolute Gasteiger partial charge is 0.267 e. The second-order valence-corrected chi connectivity index (χ2v) is 6.90. The molecule has 1 amide bonds. The number of rotatable bonds is 5. The molecule has 2 aromatic carbocycles. The number of nitrogens with zero attached hydrogens (tertiary/aromatic N) is 2. The average molecular weight is 428 g/mol. The molecule has 0 spiro atoms. The van der Waals surface area contributed by atoms with E-state index in [1.165, 1.54) is 13.2 Å². The molecule has 3 aromatic rings. The molecule has 0 aliphatic carbocycles. The molecule has 1 aliphatic heterocycles. The summed E-state index contributed by atoms with van der Waals surface area (Å²) in [6.45, 7) is 0.700. The second-order valence-electron chi connectivity index (χ2n) is 6.47. The highest BCUT2D eigenvalue weighted by atomic mass is 35.5. The molecule has 0 fully saturated rings. The number of carbonyl (C=O) groups is 1. The maximum atomic E-state index is 12.5. The molecule has 1 aromatic heterocycles. The van der Waals surface area contributed by atoms with E-state index in [4.69, 9.17) is 25.8 Å². The van der Waals surface area contributed by atoms with Gasteiger partial charge in [-0.2, -0.15) is 5.10 Å². The lowest BCUT2D eigenvalue weighted by molar-refractivity contribution is -0.117. The zero-order valence-electron chi connectivity index (χ0n) is 16.1. The number of methoxy groups -OCH3 is 1. The SMILES string of the molecule is COc1ccc(Cl)cc1NC(=O)Cn1nc(-c2ccc3c(c2)OCCO3)ccc1=O. The molecule has 1 aliphatic rings. The number of benzene rings is 2. The van der Waals surface area contributed by atoms with Crippen LogP contribution in [-0.2, 0) is 11.3 Å². The van der Waals surface area contributed by atoms with Gasteiger partial charge in [0.2, 0.25) is 5.91 Å². The average Bonchev–Trinajstić information content (AvgIpc) is 2.75. The lowest BCUT2D eigenvalue weighted by Crippen LogP contribution is -2.29. The second kappa shape index (κ2) is 8.46. The predicted molar refractivity (Wildman–Crippen MR) is 112 cm³/mol. The first-order chi connectivity index (χ1) is 14.5. The topological polar surface area (TPSA) is 91.7 Å². The first-order valence-electron chi connectivity index (χ1n) is 9.15. The zero-order chi connectivity index (χ0) is 21.1. The Balaban J connectivity index is 1.56. The monoisotopic (exact) mass is 427 g/mol. The minimum absolute atomic E-state index is 0.271. The number of fused-ring (bicyclic) bond motifs is 1. The zero-order valence-corrected chi connectivity index (χ0v) is 16.8. The Labute approximate surface area is 176 Å². The van der Waals surface area contributed by atoms with Crippen LogP contribution in [0.3, 0.4) is 0 Å². The van der Waals surface area contributed by atoms with Gasteiger partial charge in [0, 0.05) is 16.7 Å². The van der Waals surface area contributed by atoms with E-state index in [0.29, 0.717) is 46.9 Å². The highest BCUT2D eigenvalue weighted by molar-refractivity contribution is 6.31. The number of nitrogens with one attached hydrogen (secondary N) is 1. The largest absolute Gasteiger partial charge is 0.495 e. The molecule has 2 heterocycles. The third kappa shape index (κ3) is 4.23. The van der Waals surface area contributed by atoms with Gasteiger partial charge in [-0.15, -0.1) is 0 Å². The maximum absolute atomic E-state index is 12.5. The number of halogens is 1. The van der Waals surface area contributed by atoms with E-state index < -0.39 is 11.5 Å². The maximum Gasteiger partial charge on any atom is 0.267 e. The van der Waals surface area contributed by atoms with Crippen molar-refractivity contribution in [1.82, 2.24) is 9.78 Å². The van der Waals surface area contributed by atoms with E-state index in [2.05, 4.69) is 10.4 Å².